The molecule has 1 rings (SSSR count). The van der Waals surface area contributed by atoms with Crippen LogP contribution in [0.2, 0.25) is 5.02 Å². The van der Waals surface area contributed by atoms with E-state index >= 15 is 0 Å². The zero-order valence-electron chi connectivity index (χ0n) is 10.4. The van der Waals surface area contributed by atoms with Crippen molar-refractivity contribution in [1.29, 1.82) is 0 Å². The fourth-order valence-corrected chi connectivity index (χ4v) is 1.71. The molecule has 5 heteroatoms. The van der Waals surface area contributed by atoms with Crippen molar-refractivity contribution in [3.05, 3.63) is 28.8 Å². The Morgan fingerprint density at radius 1 is 1.44 bits per heavy atom. The van der Waals surface area contributed by atoms with E-state index in [0.717, 1.165) is 38.3 Å². The van der Waals surface area contributed by atoms with Crippen LogP contribution in [0.15, 0.2) is 18.2 Å². The van der Waals surface area contributed by atoms with E-state index in [2.05, 4.69) is 12.2 Å². The second-order valence-corrected chi connectivity index (χ2v) is 4.30. The molecule has 0 aliphatic carbocycles. The topological polar surface area (TPSA) is 58.6 Å². The minimum Gasteiger partial charge on any atom is -0.478 e. The first-order chi connectivity index (χ1) is 8.65. The Morgan fingerprint density at radius 3 is 2.83 bits per heavy atom. The number of anilines is 1. The minimum absolute atomic E-state index is 0.119. The number of carboxylic acids is 1. The van der Waals surface area contributed by atoms with Gasteiger partial charge in [-0.05, 0) is 31.0 Å². The number of hydrogen-bond acceptors (Lipinski definition) is 3. The maximum absolute atomic E-state index is 10.8. The van der Waals surface area contributed by atoms with Crippen molar-refractivity contribution in [3.8, 4) is 0 Å². The average Bonchev–Trinajstić information content (AvgIpc) is 2.33. The van der Waals surface area contributed by atoms with Gasteiger partial charge in [0.15, 0.2) is 0 Å². The molecule has 0 amide bonds. The molecule has 2 N–H and O–H groups in total. The van der Waals surface area contributed by atoms with Crippen LogP contribution in [0.3, 0.4) is 0 Å². The summed E-state index contributed by atoms with van der Waals surface area (Å²) in [4.78, 5) is 10.8. The van der Waals surface area contributed by atoms with E-state index in [4.69, 9.17) is 21.4 Å². The van der Waals surface area contributed by atoms with E-state index in [1.54, 1.807) is 12.1 Å². The minimum atomic E-state index is -1.01. The van der Waals surface area contributed by atoms with Gasteiger partial charge >= 0.3 is 5.97 Å². The Labute approximate surface area is 112 Å². The molecular weight excluding hydrogens is 254 g/mol. The lowest BCUT2D eigenvalue weighted by Crippen LogP contribution is -2.06. The SMILES string of the molecule is CCCOCCCNc1ccc(C(=O)O)c(Cl)c1. The molecule has 0 saturated carbocycles. The Balaban J connectivity index is 2.35. The largest absolute Gasteiger partial charge is 0.478 e. The number of benzene rings is 1. The molecule has 0 unspecified atom stereocenters. The molecule has 0 heterocycles. The van der Waals surface area contributed by atoms with Gasteiger partial charge in [-0.3, -0.25) is 0 Å². The van der Waals surface area contributed by atoms with Crippen LogP contribution in [0.1, 0.15) is 30.1 Å². The first-order valence-corrected chi connectivity index (χ1v) is 6.37. The van der Waals surface area contributed by atoms with E-state index in [9.17, 15) is 4.79 Å². The Hall–Kier alpha value is -1.26. The zero-order chi connectivity index (χ0) is 13.4. The van der Waals surface area contributed by atoms with Gasteiger partial charge in [0, 0.05) is 25.4 Å². The van der Waals surface area contributed by atoms with Crippen LogP contribution in [0.5, 0.6) is 0 Å². The summed E-state index contributed by atoms with van der Waals surface area (Å²) in [5.41, 5.74) is 0.939. The molecule has 4 nitrogen and oxygen atoms in total. The number of aromatic carboxylic acids is 1. The Morgan fingerprint density at radius 2 is 2.22 bits per heavy atom. The van der Waals surface area contributed by atoms with Crippen LogP contribution in [-0.2, 0) is 4.74 Å². The van der Waals surface area contributed by atoms with Crippen LogP contribution < -0.4 is 5.32 Å². The predicted octanol–water partition coefficient (Wildman–Crippen LogP) is 3.27. The molecule has 1 aromatic carbocycles. The standard InChI is InChI=1S/C13H18ClNO3/c1-2-7-18-8-3-6-15-10-4-5-11(13(16)17)12(14)9-10/h4-5,9,15H,2-3,6-8H2,1H3,(H,16,17). The maximum atomic E-state index is 10.8. The van der Waals surface area contributed by atoms with Crippen LogP contribution in [0.25, 0.3) is 0 Å². The fraction of sp³-hybridized carbons (Fsp3) is 0.462. The van der Waals surface area contributed by atoms with Gasteiger partial charge in [-0.2, -0.15) is 0 Å². The van der Waals surface area contributed by atoms with Crippen molar-refractivity contribution < 1.29 is 14.6 Å². The van der Waals surface area contributed by atoms with Crippen molar-refractivity contribution >= 4 is 23.3 Å². The summed E-state index contributed by atoms with van der Waals surface area (Å²) in [6.45, 7) is 4.36. The molecule has 0 fully saturated rings. The highest BCUT2D eigenvalue weighted by molar-refractivity contribution is 6.33. The van der Waals surface area contributed by atoms with Crippen LogP contribution in [-0.4, -0.2) is 30.8 Å². The van der Waals surface area contributed by atoms with Gasteiger partial charge < -0.3 is 15.2 Å². The van der Waals surface area contributed by atoms with E-state index in [0.29, 0.717) is 0 Å². The first kappa shape index (κ1) is 14.8. The summed E-state index contributed by atoms with van der Waals surface area (Å²) >= 11 is 5.86. The fourth-order valence-electron chi connectivity index (χ4n) is 1.45. The summed E-state index contributed by atoms with van der Waals surface area (Å²) in [6, 6.07) is 4.83. The molecule has 0 atom stereocenters. The third-order valence-electron chi connectivity index (χ3n) is 2.34. The Bertz CT molecular complexity index is 396. The van der Waals surface area contributed by atoms with E-state index in [-0.39, 0.29) is 10.6 Å². The number of hydrogen-bond donors (Lipinski definition) is 2. The van der Waals surface area contributed by atoms with Crippen LogP contribution in [0, 0.1) is 0 Å². The molecule has 1 aromatic rings. The molecule has 0 aliphatic heterocycles. The predicted molar refractivity (Wildman–Crippen MR) is 72.6 cm³/mol. The van der Waals surface area contributed by atoms with Crippen LogP contribution in [0.4, 0.5) is 5.69 Å². The normalized spacial score (nSPS) is 10.3. The number of carboxylic acid groups (broad SMARTS) is 1. The molecule has 0 spiro atoms. The summed E-state index contributed by atoms with van der Waals surface area (Å²) < 4.78 is 5.35. The Kier molecular flexibility index (Phi) is 6.54. The lowest BCUT2D eigenvalue weighted by molar-refractivity contribution is 0.0697. The van der Waals surface area contributed by atoms with Crippen LogP contribution >= 0.6 is 11.6 Å². The van der Waals surface area contributed by atoms with E-state index in [1.807, 2.05) is 0 Å². The highest BCUT2D eigenvalue weighted by Crippen LogP contribution is 2.20. The second kappa shape index (κ2) is 7.95. The smallest absolute Gasteiger partial charge is 0.337 e. The van der Waals surface area contributed by atoms with Crippen molar-refractivity contribution in [2.45, 2.75) is 19.8 Å². The van der Waals surface area contributed by atoms with Gasteiger partial charge in [-0.1, -0.05) is 18.5 Å². The number of carbonyl (C=O) groups is 1. The monoisotopic (exact) mass is 271 g/mol. The quantitative estimate of drug-likeness (QED) is 0.713. The van der Waals surface area contributed by atoms with E-state index in [1.165, 1.54) is 6.07 Å². The number of nitrogens with one attached hydrogen (secondary N) is 1. The number of halogens is 1. The van der Waals surface area contributed by atoms with Gasteiger partial charge in [-0.15, -0.1) is 0 Å². The lowest BCUT2D eigenvalue weighted by Gasteiger charge is -2.08. The van der Waals surface area contributed by atoms with E-state index < -0.39 is 5.97 Å². The summed E-state index contributed by atoms with van der Waals surface area (Å²) in [7, 11) is 0. The third kappa shape index (κ3) is 4.94. The highest BCUT2D eigenvalue weighted by Gasteiger charge is 2.08. The molecule has 100 valence electrons. The average molecular weight is 272 g/mol. The van der Waals surface area contributed by atoms with Gasteiger partial charge in [0.25, 0.3) is 0 Å². The van der Waals surface area contributed by atoms with Gasteiger partial charge in [0.05, 0.1) is 10.6 Å². The van der Waals surface area contributed by atoms with Gasteiger partial charge in [0.1, 0.15) is 0 Å². The van der Waals surface area contributed by atoms with Gasteiger partial charge in [0.2, 0.25) is 0 Å². The van der Waals surface area contributed by atoms with Crippen molar-refractivity contribution in [1.82, 2.24) is 0 Å². The highest BCUT2D eigenvalue weighted by atomic mass is 35.5. The molecule has 0 saturated heterocycles. The number of ether oxygens (including phenoxy) is 1. The van der Waals surface area contributed by atoms with Crippen molar-refractivity contribution in [2.75, 3.05) is 25.1 Å². The van der Waals surface area contributed by atoms with Gasteiger partial charge in [-0.25, -0.2) is 4.79 Å². The lowest BCUT2D eigenvalue weighted by atomic mass is 10.2. The molecule has 0 radical (unpaired) electrons. The molecule has 0 aromatic heterocycles. The summed E-state index contributed by atoms with van der Waals surface area (Å²) in [6.07, 6.45) is 1.93. The summed E-state index contributed by atoms with van der Waals surface area (Å²) in [5.74, 6) is -1.01. The molecule has 0 bridgehead atoms. The first-order valence-electron chi connectivity index (χ1n) is 5.99. The second-order valence-electron chi connectivity index (χ2n) is 3.89. The molecule has 0 aliphatic rings. The molecular formula is C13H18ClNO3. The third-order valence-corrected chi connectivity index (χ3v) is 2.66. The van der Waals surface area contributed by atoms with Crippen molar-refractivity contribution in [3.63, 3.8) is 0 Å². The number of rotatable bonds is 8. The zero-order valence-corrected chi connectivity index (χ0v) is 11.2. The maximum Gasteiger partial charge on any atom is 0.337 e. The van der Waals surface area contributed by atoms with Crippen molar-refractivity contribution in [2.24, 2.45) is 0 Å². The molecule has 18 heavy (non-hydrogen) atoms. The summed E-state index contributed by atoms with van der Waals surface area (Å²) in [5, 5.41) is 12.2.